The molecule has 1 aromatic heterocycles. The molecule has 1 aliphatic heterocycles. The first-order valence-electron chi connectivity index (χ1n) is 10.9. The van der Waals surface area contributed by atoms with E-state index in [0.717, 1.165) is 49.5 Å². The lowest BCUT2D eigenvalue weighted by molar-refractivity contribution is 0.0947. The third-order valence-electron chi connectivity index (χ3n) is 5.60. The smallest absolute Gasteiger partial charge is 0.251 e. The van der Waals surface area contributed by atoms with Gasteiger partial charge in [-0.15, -0.1) is 0 Å². The minimum atomic E-state index is -0.0733. The average Bonchev–Trinajstić information content (AvgIpc) is 2.80. The number of aryl methyl sites for hydroxylation is 1. The molecule has 0 radical (unpaired) electrons. The van der Waals surface area contributed by atoms with Crippen LogP contribution in [0.2, 0.25) is 0 Å². The third kappa shape index (κ3) is 6.15. The van der Waals surface area contributed by atoms with Crippen LogP contribution in [0.1, 0.15) is 40.0 Å². The number of hydrogen-bond acceptors (Lipinski definition) is 4. The molecule has 1 saturated heterocycles. The Bertz CT molecular complexity index is 981. The van der Waals surface area contributed by atoms with Crippen LogP contribution in [0.3, 0.4) is 0 Å². The number of nitrogens with one attached hydrogen (secondary N) is 1. The van der Waals surface area contributed by atoms with E-state index in [9.17, 15) is 4.79 Å². The summed E-state index contributed by atoms with van der Waals surface area (Å²) in [7, 11) is 0. The summed E-state index contributed by atoms with van der Waals surface area (Å²) in [6, 6.07) is 21.7. The fourth-order valence-electron chi connectivity index (χ4n) is 3.89. The fourth-order valence-corrected chi connectivity index (χ4v) is 3.89. The molecule has 0 spiro atoms. The van der Waals surface area contributed by atoms with Gasteiger partial charge in [0.05, 0.1) is 5.69 Å². The predicted octanol–water partition coefficient (Wildman–Crippen LogP) is 4.36. The minimum absolute atomic E-state index is 0.0733. The second-order valence-corrected chi connectivity index (χ2v) is 8.11. The topological polar surface area (TPSA) is 54.5 Å². The number of carbonyl (C=O) groups is 1. The zero-order chi connectivity index (χ0) is 21.5. The Morgan fingerprint density at radius 2 is 1.87 bits per heavy atom. The van der Waals surface area contributed by atoms with Crippen LogP contribution in [0.4, 0.5) is 0 Å². The van der Waals surface area contributed by atoms with Crippen molar-refractivity contribution in [2.24, 2.45) is 0 Å². The number of piperidine rings is 1. The molecular weight excluding hydrogens is 386 g/mol. The maximum Gasteiger partial charge on any atom is 0.251 e. The molecule has 1 aliphatic rings. The number of pyridine rings is 1. The maximum absolute atomic E-state index is 12.4. The Morgan fingerprint density at radius 3 is 2.58 bits per heavy atom. The van der Waals surface area contributed by atoms with Crippen LogP contribution in [0, 0.1) is 6.92 Å². The molecule has 3 aromatic rings. The second kappa shape index (κ2) is 10.2. The van der Waals surface area contributed by atoms with Gasteiger partial charge in [-0.05, 0) is 61.7 Å². The summed E-state index contributed by atoms with van der Waals surface area (Å²) < 4.78 is 6.16. The van der Waals surface area contributed by atoms with Gasteiger partial charge in [0.1, 0.15) is 11.9 Å². The van der Waals surface area contributed by atoms with E-state index in [1.54, 1.807) is 0 Å². The van der Waals surface area contributed by atoms with Gasteiger partial charge in [-0.2, -0.15) is 0 Å². The predicted molar refractivity (Wildman–Crippen MR) is 122 cm³/mol. The van der Waals surface area contributed by atoms with Crippen molar-refractivity contribution < 1.29 is 9.53 Å². The van der Waals surface area contributed by atoms with Crippen molar-refractivity contribution in [3.8, 4) is 5.75 Å². The van der Waals surface area contributed by atoms with E-state index in [1.807, 2.05) is 67.7 Å². The minimum Gasteiger partial charge on any atom is -0.490 e. The van der Waals surface area contributed by atoms with Gasteiger partial charge in [0.15, 0.2) is 0 Å². The van der Waals surface area contributed by atoms with Gasteiger partial charge in [0, 0.05) is 37.9 Å². The number of carbonyl (C=O) groups excluding carboxylic acids is 1. The molecule has 0 unspecified atom stereocenters. The molecule has 160 valence electrons. The van der Waals surface area contributed by atoms with Crippen LogP contribution < -0.4 is 10.1 Å². The number of rotatable bonds is 7. The van der Waals surface area contributed by atoms with Crippen LogP contribution >= 0.6 is 0 Å². The summed E-state index contributed by atoms with van der Waals surface area (Å²) in [5, 5.41) is 2.98. The first-order chi connectivity index (χ1) is 15.2. The SMILES string of the molecule is Cc1cccc(CNC(=O)c2ccc(OC3CCN(Cc4ccccn4)CC3)cc2)c1. The zero-order valence-electron chi connectivity index (χ0n) is 18.0. The van der Waals surface area contributed by atoms with Crippen LogP contribution in [0.5, 0.6) is 5.75 Å². The Balaban J connectivity index is 1.23. The van der Waals surface area contributed by atoms with E-state index < -0.39 is 0 Å². The van der Waals surface area contributed by atoms with Crippen LogP contribution in [0.15, 0.2) is 72.9 Å². The molecule has 1 fully saturated rings. The number of likely N-dealkylation sites (tertiary alicyclic amines) is 1. The number of ether oxygens (including phenoxy) is 1. The molecule has 0 aliphatic carbocycles. The monoisotopic (exact) mass is 415 g/mol. The molecule has 1 N–H and O–H groups in total. The average molecular weight is 416 g/mol. The Labute approximate surface area is 184 Å². The highest BCUT2D eigenvalue weighted by atomic mass is 16.5. The number of amides is 1. The summed E-state index contributed by atoms with van der Waals surface area (Å²) >= 11 is 0. The third-order valence-corrected chi connectivity index (χ3v) is 5.60. The van der Waals surface area contributed by atoms with Crippen LogP contribution in [-0.2, 0) is 13.1 Å². The Kier molecular flexibility index (Phi) is 6.95. The first kappa shape index (κ1) is 21.1. The molecule has 2 heterocycles. The van der Waals surface area contributed by atoms with E-state index in [2.05, 4.69) is 27.3 Å². The molecule has 2 aromatic carbocycles. The highest BCUT2D eigenvalue weighted by Gasteiger charge is 2.21. The van der Waals surface area contributed by atoms with Crippen LogP contribution in [0.25, 0.3) is 0 Å². The summed E-state index contributed by atoms with van der Waals surface area (Å²) in [6.07, 6.45) is 4.04. The van der Waals surface area contributed by atoms with Crippen molar-refractivity contribution in [1.82, 2.24) is 15.2 Å². The first-order valence-corrected chi connectivity index (χ1v) is 10.9. The summed E-state index contributed by atoms with van der Waals surface area (Å²) in [4.78, 5) is 19.3. The van der Waals surface area contributed by atoms with Crippen molar-refractivity contribution in [3.05, 3.63) is 95.3 Å². The number of nitrogens with zero attached hydrogens (tertiary/aromatic N) is 2. The van der Waals surface area contributed by atoms with Gasteiger partial charge in [-0.25, -0.2) is 0 Å². The van der Waals surface area contributed by atoms with Crippen molar-refractivity contribution >= 4 is 5.91 Å². The maximum atomic E-state index is 12.4. The lowest BCUT2D eigenvalue weighted by Gasteiger charge is -2.31. The van der Waals surface area contributed by atoms with Gasteiger partial charge in [0.2, 0.25) is 0 Å². The molecule has 5 nitrogen and oxygen atoms in total. The molecular formula is C26H29N3O2. The quantitative estimate of drug-likeness (QED) is 0.623. The second-order valence-electron chi connectivity index (χ2n) is 8.11. The molecule has 5 heteroatoms. The molecule has 0 bridgehead atoms. The lowest BCUT2D eigenvalue weighted by Crippen LogP contribution is -2.37. The standard InChI is InChI=1S/C26H29N3O2/c1-20-5-4-6-21(17-20)18-28-26(30)22-8-10-24(11-9-22)31-25-12-15-29(16-13-25)19-23-7-2-3-14-27-23/h2-11,14,17,25H,12-13,15-16,18-19H2,1H3,(H,28,30). The van der Waals surface area contributed by atoms with Crippen molar-refractivity contribution in [2.45, 2.75) is 39.0 Å². The fraction of sp³-hybridized carbons (Fsp3) is 0.308. The van der Waals surface area contributed by atoms with E-state index >= 15 is 0 Å². The molecule has 31 heavy (non-hydrogen) atoms. The zero-order valence-corrected chi connectivity index (χ0v) is 18.0. The summed E-state index contributed by atoms with van der Waals surface area (Å²) in [5.41, 5.74) is 4.04. The van der Waals surface area contributed by atoms with E-state index in [-0.39, 0.29) is 12.0 Å². The van der Waals surface area contributed by atoms with Crippen LogP contribution in [-0.4, -0.2) is 35.0 Å². The van der Waals surface area contributed by atoms with Crippen molar-refractivity contribution in [3.63, 3.8) is 0 Å². The Morgan fingerprint density at radius 1 is 1.06 bits per heavy atom. The molecule has 0 saturated carbocycles. The highest BCUT2D eigenvalue weighted by Crippen LogP contribution is 2.20. The normalized spacial score (nSPS) is 14.9. The van der Waals surface area contributed by atoms with Gasteiger partial charge < -0.3 is 10.1 Å². The summed E-state index contributed by atoms with van der Waals surface area (Å²) in [6.45, 7) is 5.46. The number of hydrogen-bond donors (Lipinski definition) is 1. The van der Waals surface area contributed by atoms with Gasteiger partial charge >= 0.3 is 0 Å². The number of benzene rings is 2. The largest absolute Gasteiger partial charge is 0.490 e. The van der Waals surface area contributed by atoms with Gasteiger partial charge in [0.25, 0.3) is 5.91 Å². The van der Waals surface area contributed by atoms with E-state index in [1.165, 1.54) is 5.56 Å². The molecule has 1 amide bonds. The highest BCUT2D eigenvalue weighted by molar-refractivity contribution is 5.94. The lowest BCUT2D eigenvalue weighted by atomic mass is 10.1. The Hall–Kier alpha value is -3.18. The molecule has 0 atom stereocenters. The van der Waals surface area contributed by atoms with E-state index in [4.69, 9.17) is 4.74 Å². The van der Waals surface area contributed by atoms with Gasteiger partial charge in [-0.3, -0.25) is 14.7 Å². The van der Waals surface area contributed by atoms with Crippen molar-refractivity contribution in [1.29, 1.82) is 0 Å². The summed E-state index contributed by atoms with van der Waals surface area (Å²) in [5.74, 6) is 0.745. The van der Waals surface area contributed by atoms with E-state index in [0.29, 0.717) is 12.1 Å². The van der Waals surface area contributed by atoms with Gasteiger partial charge in [-0.1, -0.05) is 35.9 Å². The molecule has 4 rings (SSSR count). The number of aromatic nitrogens is 1. The van der Waals surface area contributed by atoms with Crippen molar-refractivity contribution in [2.75, 3.05) is 13.1 Å².